The van der Waals surface area contributed by atoms with E-state index >= 15 is 0 Å². The molecule has 6 heteroatoms. The number of nitrogens with one attached hydrogen (secondary N) is 2. The van der Waals surface area contributed by atoms with Crippen LogP contribution in [0.1, 0.15) is 15.9 Å². The van der Waals surface area contributed by atoms with E-state index in [9.17, 15) is 4.79 Å². The van der Waals surface area contributed by atoms with Gasteiger partial charge in [0.15, 0.2) is 0 Å². The summed E-state index contributed by atoms with van der Waals surface area (Å²) in [7, 11) is 0. The Bertz CT molecular complexity index is 836. The SMILES string of the molecule is O=C(O)c1ccc(Nc2ccnc(NCCc3ccccc3)n2)cc1. The fourth-order valence-corrected chi connectivity index (χ4v) is 2.32. The zero-order chi connectivity index (χ0) is 17.5. The van der Waals surface area contributed by atoms with Gasteiger partial charge in [-0.2, -0.15) is 4.98 Å². The van der Waals surface area contributed by atoms with Gasteiger partial charge in [-0.1, -0.05) is 30.3 Å². The summed E-state index contributed by atoms with van der Waals surface area (Å²) in [5.74, 6) is 0.238. The quantitative estimate of drug-likeness (QED) is 0.612. The van der Waals surface area contributed by atoms with Crippen molar-refractivity contribution in [1.29, 1.82) is 0 Å². The van der Waals surface area contributed by atoms with Gasteiger partial charge in [0.05, 0.1) is 5.56 Å². The number of aromatic carboxylic acids is 1. The average molecular weight is 334 g/mol. The largest absolute Gasteiger partial charge is 0.478 e. The summed E-state index contributed by atoms with van der Waals surface area (Å²) in [6.07, 6.45) is 2.56. The zero-order valence-corrected chi connectivity index (χ0v) is 13.5. The van der Waals surface area contributed by atoms with Crippen LogP contribution in [-0.2, 0) is 6.42 Å². The van der Waals surface area contributed by atoms with Crippen LogP contribution in [0.5, 0.6) is 0 Å². The molecule has 0 atom stereocenters. The molecule has 0 aliphatic rings. The van der Waals surface area contributed by atoms with Gasteiger partial charge >= 0.3 is 5.97 Å². The molecule has 0 bridgehead atoms. The van der Waals surface area contributed by atoms with Crippen LogP contribution in [0.3, 0.4) is 0 Å². The Labute approximate surface area is 145 Å². The van der Waals surface area contributed by atoms with Crippen molar-refractivity contribution >= 4 is 23.4 Å². The van der Waals surface area contributed by atoms with Crippen LogP contribution in [0.4, 0.5) is 17.5 Å². The predicted molar refractivity (Wildman–Crippen MR) is 97.4 cm³/mol. The second kappa shape index (κ2) is 7.92. The minimum atomic E-state index is -0.946. The van der Waals surface area contributed by atoms with E-state index in [0.717, 1.165) is 18.7 Å². The first-order chi connectivity index (χ1) is 12.2. The number of nitrogens with zero attached hydrogens (tertiary/aromatic N) is 2. The van der Waals surface area contributed by atoms with Crippen LogP contribution < -0.4 is 10.6 Å². The second-order valence-electron chi connectivity index (χ2n) is 5.44. The summed E-state index contributed by atoms with van der Waals surface area (Å²) in [6.45, 7) is 0.737. The molecular formula is C19H18N4O2. The van der Waals surface area contributed by atoms with Crippen LogP contribution >= 0.6 is 0 Å². The molecule has 0 aliphatic carbocycles. The van der Waals surface area contributed by atoms with E-state index in [2.05, 4.69) is 32.7 Å². The maximum absolute atomic E-state index is 10.9. The molecule has 3 aromatic rings. The molecule has 1 heterocycles. The first-order valence-corrected chi connectivity index (χ1v) is 7.92. The lowest BCUT2D eigenvalue weighted by molar-refractivity contribution is 0.0697. The highest BCUT2D eigenvalue weighted by Crippen LogP contribution is 2.16. The Morgan fingerprint density at radius 3 is 2.48 bits per heavy atom. The second-order valence-corrected chi connectivity index (χ2v) is 5.44. The summed E-state index contributed by atoms with van der Waals surface area (Å²) in [6, 6.07) is 18.5. The lowest BCUT2D eigenvalue weighted by Crippen LogP contribution is -2.08. The Balaban J connectivity index is 1.58. The van der Waals surface area contributed by atoms with Gasteiger partial charge in [-0.3, -0.25) is 0 Å². The molecule has 6 nitrogen and oxygen atoms in total. The number of carboxylic acids is 1. The fourth-order valence-electron chi connectivity index (χ4n) is 2.32. The summed E-state index contributed by atoms with van der Waals surface area (Å²) in [5.41, 5.74) is 2.26. The molecule has 3 rings (SSSR count). The van der Waals surface area contributed by atoms with Gasteiger partial charge in [-0.05, 0) is 42.3 Å². The van der Waals surface area contributed by atoms with Crippen LogP contribution in [0, 0.1) is 0 Å². The molecule has 2 aromatic carbocycles. The van der Waals surface area contributed by atoms with Gasteiger partial charge in [-0.15, -0.1) is 0 Å². The average Bonchev–Trinajstić information content (AvgIpc) is 2.63. The van der Waals surface area contributed by atoms with E-state index in [1.807, 2.05) is 18.2 Å². The van der Waals surface area contributed by atoms with Gasteiger partial charge < -0.3 is 15.7 Å². The molecular weight excluding hydrogens is 316 g/mol. The van der Waals surface area contributed by atoms with Crippen LogP contribution in [0.15, 0.2) is 66.9 Å². The fraction of sp³-hybridized carbons (Fsp3) is 0.105. The van der Waals surface area contributed by atoms with Crippen molar-refractivity contribution in [3.63, 3.8) is 0 Å². The Hall–Kier alpha value is -3.41. The molecule has 25 heavy (non-hydrogen) atoms. The van der Waals surface area contributed by atoms with Gasteiger partial charge in [0.25, 0.3) is 0 Å². The van der Waals surface area contributed by atoms with Crippen molar-refractivity contribution in [3.8, 4) is 0 Å². The third-order valence-electron chi connectivity index (χ3n) is 3.60. The third kappa shape index (κ3) is 4.78. The molecule has 0 fully saturated rings. The van der Waals surface area contributed by atoms with E-state index < -0.39 is 5.97 Å². The normalized spacial score (nSPS) is 10.2. The Morgan fingerprint density at radius 1 is 1.00 bits per heavy atom. The Kier molecular flexibility index (Phi) is 5.21. The molecule has 0 spiro atoms. The van der Waals surface area contributed by atoms with Crippen molar-refractivity contribution in [1.82, 2.24) is 9.97 Å². The summed E-state index contributed by atoms with van der Waals surface area (Å²) in [4.78, 5) is 19.5. The van der Waals surface area contributed by atoms with Crippen molar-refractivity contribution < 1.29 is 9.90 Å². The molecule has 0 saturated carbocycles. The lowest BCUT2D eigenvalue weighted by atomic mass is 10.1. The van der Waals surface area contributed by atoms with E-state index in [1.165, 1.54) is 5.56 Å². The highest BCUT2D eigenvalue weighted by atomic mass is 16.4. The van der Waals surface area contributed by atoms with Gasteiger partial charge in [0, 0.05) is 18.4 Å². The Morgan fingerprint density at radius 2 is 1.76 bits per heavy atom. The molecule has 0 amide bonds. The van der Waals surface area contributed by atoms with Crippen molar-refractivity contribution in [2.45, 2.75) is 6.42 Å². The lowest BCUT2D eigenvalue weighted by Gasteiger charge is -2.09. The molecule has 0 saturated heterocycles. The van der Waals surface area contributed by atoms with Gasteiger partial charge in [0.2, 0.25) is 5.95 Å². The zero-order valence-electron chi connectivity index (χ0n) is 13.5. The molecule has 3 N–H and O–H groups in total. The number of aromatic nitrogens is 2. The number of hydrogen-bond acceptors (Lipinski definition) is 5. The van der Waals surface area contributed by atoms with E-state index in [4.69, 9.17) is 5.11 Å². The minimum absolute atomic E-state index is 0.247. The van der Waals surface area contributed by atoms with Gasteiger partial charge in [-0.25, -0.2) is 9.78 Å². The summed E-state index contributed by atoms with van der Waals surface area (Å²) < 4.78 is 0. The summed E-state index contributed by atoms with van der Waals surface area (Å²) in [5, 5.41) is 15.3. The molecule has 1 aromatic heterocycles. The van der Waals surface area contributed by atoms with Crippen LogP contribution in [0.25, 0.3) is 0 Å². The number of rotatable bonds is 7. The topological polar surface area (TPSA) is 87.1 Å². The van der Waals surface area contributed by atoms with E-state index in [-0.39, 0.29) is 5.56 Å². The van der Waals surface area contributed by atoms with Gasteiger partial charge in [0.1, 0.15) is 5.82 Å². The molecule has 0 radical (unpaired) electrons. The number of hydrogen-bond donors (Lipinski definition) is 3. The summed E-state index contributed by atoms with van der Waals surface area (Å²) >= 11 is 0. The molecule has 126 valence electrons. The standard InChI is InChI=1S/C19H18N4O2/c24-18(25)15-6-8-16(9-7-15)22-17-11-13-21-19(23-17)20-12-10-14-4-2-1-3-5-14/h1-9,11,13H,10,12H2,(H,24,25)(H2,20,21,22,23). The highest BCUT2D eigenvalue weighted by Gasteiger charge is 2.03. The maximum atomic E-state index is 10.9. The molecule has 0 aliphatic heterocycles. The number of anilines is 3. The first-order valence-electron chi connectivity index (χ1n) is 7.92. The number of carbonyl (C=O) groups is 1. The predicted octanol–water partition coefficient (Wildman–Crippen LogP) is 3.57. The molecule has 0 unspecified atom stereocenters. The first kappa shape index (κ1) is 16.4. The highest BCUT2D eigenvalue weighted by molar-refractivity contribution is 5.88. The smallest absolute Gasteiger partial charge is 0.335 e. The maximum Gasteiger partial charge on any atom is 0.335 e. The van der Waals surface area contributed by atoms with E-state index in [0.29, 0.717) is 11.8 Å². The van der Waals surface area contributed by atoms with E-state index in [1.54, 1.807) is 36.5 Å². The van der Waals surface area contributed by atoms with Crippen LogP contribution in [0.2, 0.25) is 0 Å². The monoisotopic (exact) mass is 334 g/mol. The number of benzene rings is 2. The van der Waals surface area contributed by atoms with Crippen molar-refractivity contribution in [3.05, 3.63) is 78.0 Å². The van der Waals surface area contributed by atoms with Crippen molar-refractivity contribution in [2.24, 2.45) is 0 Å². The number of carboxylic acid groups (broad SMARTS) is 1. The minimum Gasteiger partial charge on any atom is -0.478 e. The van der Waals surface area contributed by atoms with Crippen LogP contribution in [-0.4, -0.2) is 27.6 Å². The third-order valence-corrected chi connectivity index (χ3v) is 3.60. The van der Waals surface area contributed by atoms with Crippen molar-refractivity contribution in [2.75, 3.05) is 17.2 Å².